The molecule has 4 heteroatoms. The Morgan fingerprint density at radius 2 is 1.44 bits per heavy atom. The molecule has 0 radical (unpaired) electrons. The third-order valence-electron chi connectivity index (χ3n) is 6.19. The number of alkyl halides is 2. The Bertz CT molecular complexity index is 1090. The molecular formula is C28H29F3O. The van der Waals surface area contributed by atoms with Gasteiger partial charge in [-0.2, -0.15) is 8.78 Å². The number of unbranched alkanes of at least 4 members (excludes halogenated alkanes) is 3. The molecular weight excluding hydrogens is 409 g/mol. The van der Waals surface area contributed by atoms with Crippen LogP contribution in [0.25, 0.3) is 22.3 Å². The van der Waals surface area contributed by atoms with Gasteiger partial charge in [0.15, 0.2) is 11.6 Å². The minimum atomic E-state index is -3.59. The molecule has 0 fully saturated rings. The summed E-state index contributed by atoms with van der Waals surface area (Å²) in [7, 11) is 0. The van der Waals surface area contributed by atoms with Crippen molar-refractivity contribution in [2.24, 2.45) is 0 Å². The van der Waals surface area contributed by atoms with Gasteiger partial charge in [-0.3, -0.25) is 0 Å². The fourth-order valence-electron chi connectivity index (χ4n) is 4.29. The molecule has 168 valence electrons. The molecule has 0 saturated carbocycles. The van der Waals surface area contributed by atoms with E-state index in [0.29, 0.717) is 28.7 Å². The first-order valence-corrected chi connectivity index (χ1v) is 11.6. The van der Waals surface area contributed by atoms with Crippen LogP contribution >= 0.6 is 0 Å². The van der Waals surface area contributed by atoms with Gasteiger partial charge in [-0.25, -0.2) is 4.39 Å². The Morgan fingerprint density at radius 3 is 2.16 bits per heavy atom. The van der Waals surface area contributed by atoms with Gasteiger partial charge in [0.25, 0.3) is 0 Å². The Hall–Kier alpha value is -2.75. The summed E-state index contributed by atoms with van der Waals surface area (Å²) in [5, 5.41) is 0. The normalized spacial score (nSPS) is 13.9. The van der Waals surface area contributed by atoms with Crippen LogP contribution in [0, 0.1) is 5.82 Å². The SMILES string of the molecule is CCCCCc1ccc2c(c1F)OC(F)(F)c1cc(-c3ccc(CCCC)cc3)ccc1-2. The average molecular weight is 439 g/mol. The van der Waals surface area contributed by atoms with E-state index in [1.807, 2.05) is 30.3 Å². The summed E-state index contributed by atoms with van der Waals surface area (Å²) >= 11 is 0. The second-order valence-electron chi connectivity index (χ2n) is 8.55. The first-order valence-electron chi connectivity index (χ1n) is 11.6. The molecule has 3 aromatic rings. The van der Waals surface area contributed by atoms with Crippen molar-refractivity contribution in [1.29, 1.82) is 0 Å². The van der Waals surface area contributed by atoms with Crippen LogP contribution in [0.15, 0.2) is 54.6 Å². The Kier molecular flexibility index (Phi) is 6.59. The molecule has 0 saturated heterocycles. The van der Waals surface area contributed by atoms with Gasteiger partial charge in [0, 0.05) is 5.56 Å². The highest BCUT2D eigenvalue weighted by Gasteiger charge is 2.43. The molecule has 3 aromatic carbocycles. The molecule has 1 aliphatic heterocycles. The summed E-state index contributed by atoms with van der Waals surface area (Å²) in [4.78, 5) is 0. The summed E-state index contributed by atoms with van der Waals surface area (Å²) in [5.41, 5.74) is 3.69. The number of halogens is 3. The zero-order valence-electron chi connectivity index (χ0n) is 18.7. The minimum absolute atomic E-state index is 0.226. The second kappa shape index (κ2) is 9.40. The highest BCUT2D eigenvalue weighted by atomic mass is 19.3. The molecule has 0 aromatic heterocycles. The van der Waals surface area contributed by atoms with Crippen molar-refractivity contribution in [3.63, 3.8) is 0 Å². The van der Waals surface area contributed by atoms with E-state index in [-0.39, 0.29) is 11.3 Å². The predicted molar refractivity (Wildman–Crippen MR) is 124 cm³/mol. The van der Waals surface area contributed by atoms with Gasteiger partial charge in [0.2, 0.25) is 0 Å². The van der Waals surface area contributed by atoms with E-state index >= 15 is 13.2 Å². The third kappa shape index (κ3) is 4.41. The van der Waals surface area contributed by atoms with E-state index in [2.05, 4.69) is 13.8 Å². The zero-order valence-corrected chi connectivity index (χ0v) is 18.7. The van der Waals surface area contributed by atoms with Crippen LogP contribution in [0.4, 0.5) is 13.2 Å². The lowest BCUT2D eigenvalue weighted by atomic mass is 9.90. The van der Waals surface area contributed by atoms with Crippen LogP contribution in [0.1, 0.15) is 62.6 Å². The van der Waals surface area contributed by atoms with Gasteiger partial charge < -0.3 is 4.74 Å². The van der Waals surface area contributed by atoms with Gasteiger partial charge in [-0.1, -0.05) is 81.6 Å². The molecule has 0 bridgehead atoms. The van der Waals surface area contributed by atoms with E-state index in [1.165, 1.54) is 11.6 Å². The van der Waals surface area contributed by atoms with E-state index in [4.69, 9.17) is 4.74 Å². The average Bonchev–Trinajstić information content (AvgIpc) is 2.80. The Morgan fingerprint density at radius 1 is 0.750 bits per heavy atom. The van der Waals surface area contributed by atoms with E-state index < -0.39 is 11.9 Å². The number of hydrogen-bond donors (Lipinski definition) is 0. The topological polar surface area (TPSA) is 9.23 Å². The van der Waals surface area contributed by atoms with Crippen LogP contribution in [0.3, 0.4) is 0 Å². The van der Waals surface area contributed by atoms with E-state index in [0.717, 1.165) is 44.1 Å². The van der Waals surface area contributed by atoms with E-state index in [9.17, 15) is 0 Å². The van der Waals surface area contributed by atoms with Crippen molar-refractivity contribution < 1.29 is 17.9 Å². The standard InChI is InChI=1S/C28H29F3O/c1-3-5-7-9-21-14-17-24-23-16-15-22(20-12-10-19(11-13-20)8-6-4-2)18-25(23)28(30,31)32-27(24)26(21)29/h10-18H,3-9H2,1-2H3. The minimum Gasteiger partial charge on any atom is -0.425 e. The van der Waals surface area contributed by atoms with Gasteiger partial charge in [0.1, 0.15) is 0 Å². The Labute approximate surface area is 188 Å². The second-order valence-corrected chi connectivity index (χ2v) is 8.55. The number of rotatable bonds is 8. The predicted octanol–water partition coefficient (Wildman–Crippen LogP) is 8.68. The van der Waals surface area contributed by atoms with Gasteiger partial charge in [-0.15, -0.1) is 0 Å². The summed E-state index contributed by atoms with van der Waals surface area (Å²) in [6.45, 7) is 4.22. The monoisotopic (exact) mass is 438 g/mol. The fraction of sp³-hybridized carbons (Fsp3) is 0.357. The number of fused-ring (bicyclic) bond motifs is 3. The highest BCUT2D eigenvalue weighted by molar-refractivity contribution is 5.80. The van der Waals surface area contributed by atoms with Crippen LogP contribution in [0.5, 0.6) is 5.75 Å². The molecule has 0 aliphatic carbocycles. The highest BCUT2D eigenvalue weighted by Crippen LogP contribution is 2.49. The molecule has 0 atom stereocenters. The number of ether oxygens (including phenoxy) is 1. The number of aryl methyl sites for hydroxylation is 2. The number of benzene rings is 3. The fourth-order valence-corrected chi connectivity index (χ4v) is 4.29. The van der Waals surface area contributed by atoms with Gasteiger partial charge in [0.05, 0.1) is 5.56 Å². The molecule has 0 amide bonds. The van der Waals surface area contributed by atoms with Crippen molar-refractivity contribution in [2.45, 2.75) is 64.9 Å². The quantitative estimate of drug-likeness (QED) is 0.320. The number of hydrogen-bond acceptors (Lipinski definition) is 1. The van der Waals surface area contributed by atoms with Crippen LogP contribution in [-0.4, -0.2) is 0 Å². The molecule has 1 aliphatic rings. The van der Waals surface area contributed by atoms with Crippen molar-refractivity contribution in [3.05, 3.63) is 77.1 Å². The lowest BCUT2D eigenvalue weighted by Gasteiger charge is -2.29. The molecule has 1 nitrogen and oxygen atoms in total. The summed E-state index contributed by atoms with van der Waals surface area (Å²) in [5.74, 6) is -1.01. The largest absolute Gasteiger partial charge is 0.427 e. The van der Waals surface area contributed by atoms with Crippen molar-refractivity contribution in [1.82, 2.24) is 0 Å². The van der Waals surface area contributed by atoms with Crippen LogP contribution in [0.2, 0.25) is 0 Å². The first-order chi connectivity index (χ1) is 15.4. The van der Waals surface area contributed by atoms with Gasteiger partial charge in [-0.05, 0) is 59.6 Å². The maximum atomic E-state index is 15.0. The third-order valence-corrected chi connectivity index (χ3v) is 6.19. The summed E-state index contributed by atoms with van der Waals surface area (Å²) < 4.78 is 50.0. The smallest absolute Gasteiger partial charge is 0.425 e. The lowest BCUT2D eigenvalue weighted by molar-refractivity contribution is -0.188. The summed E-state index contributed by atoms with van der Waals surface area (Å²) in [6.07, 6.45) is 2.98. The maximum absolute atomic E-state index is 15.0. The first kappa shape index (κ1) is 22.4. The molecule has 4 rings (SSSR count). The molecule has 0 unspecified atom stereocenters. The maximum Gasteiger partial charge on any atom is 0.427 e. The zero-order chi connectivity index (χ0) is 22.7. The van der Waals surface area contributed by atoms with Crippen LogP contribution < -0.4 is 4.74 Å². The van der Waals surface area contributed by atoms with Crippen molar-refractivity contribution in [3.8, 4) is 28.0 Å². The Balaban J connectivity index is 1.68. The molecule has 0 N–H and O–H groups in total. The molecule has 1 heterocycles. The van der Waals surface area contributed by atoms with Crippen molar-refractivity contribution >= 4 is 0 Å². The molecule has 32 heavy (non-hydrogen) atoms. The lowest BCUT2D eigenvalue weighted by Crippen LogP contribution is -2.27. The van der Waals surface area contributed by atoms with Crippen LogP contribution in [-0.2, 0) is 19.0 Å². The summed E-state index contributed by atoms with van der Waals surface area (Å²) in [6, 6.07) is 16.4. The van der Waals surface area contributed by atoms with Crippen molar-refractivity contribution in [2.75, 3.05) is 0 Å². The molecule has 0 spiro atoms. The van der Waals surface area contributed by atoms with Gasteiger partial charge >= 0.3 is 6.11 Å². The van der Waals surface area contributed by atoms with E-state index in [1.54, 1.807) is 18.2 Å².